The summed E-state index contributed by atoms with van der Waals surface area (Å²) in [7, 11) is 0. The van der Waals surface area contributed by atoms with Crippen LogP contribution in [0.2, 0.25) is 0 Å². The van der Waals surface area contributed by atoms with E-state index >= 15 is 0 Å². The van der Waals surface area contributed by atoms with Crippen LogP contribution in [0.4, 0.5) is 0 Å². The van der Waals surface area contributed by atoms with E-state index in [9.17, 15) is 4.79 Å². The van der Waals surface area contributed by atoms with Gasteiger partial charge in [-0.25, -0.2) is 0 Å². The van der Waals surface area contributed by atoms with Crippen molar-refractivity contribution in [3.63, 3.8) is 0 Å². The Bertz CT molecular complexity index is 486. The lowest BCUT2D eigenvalue weighted by Crippen LogP contribution is -1.92. The Morgan fingerprint density at radius 2 is 0.958 bits per heavy atom. The molecule has 0 amide bonds. The second kappa shape index (κ2) is 13.8. The number of carboxylic acids is 1. The Labute approximate surface area is 149 Å². The Morgan fingerprint density at radius 1 is 0.625 bits per heavy atom. The number of rotatable bonds is 12. The molecule has 0 bridgehead atoms. The number of allylic oxidation sites excluding steroid dienone is 8. The molecule has 0 spiro atoms. The molecular formula is C22H36O2. The van der Waals surface area contributed by atoms with Crippen LogP contribution in [-0.4, -0.2) is 11.1 Å². The topological polar surface area (TPSA) is 37.3 Å². The van der Waals surface area contributed by atoms with E-state index in [1.54, 1.807) is 0 Å². The fraction of sp³-hybridized carbons (Fsp3) is 0.591. The van der Waals surface area contributed by atoms with Gasteiger partial charge in [-0.15, -0.1) is 0 Å². The summed E-state index contributed by atoms with van der Waals surface area (Å²) in [5, 5.41) is 8.62. The zero-order valence-corrected chi connectivity index (χ0v) is 16.3. The minimum atomic E-state index is -0.723. The van der Waals surface area contributed by atoms with Crippen molar-refractivity contribution in [3.05, 3.63) is 46.6 Å². The monoisotopic (exact) mass is 332 g/mol. The Kier molecular flexibility index (Phi) is 12.9. The highest BCUT2D eigenvalue weighted by Gasteiger charge is 1.95. The normalized spacial score (nSPS) is 13.1. The van der Waals surface area contributed by atoms with Gasteiger partial charge in [-0.05, 0) is 79.6 Å². The van der Waals surface area contributed by atoms with E-state index in [0.717, 1.165) is 38.5 Å². The molecule has 0 aromatic rings. The molecule has 136 valence electrons. The number of aliphatic carboxylic acids is 1. The molecule has 0 aromatic carbocycles. The molecule has 0 radical (unpaired) electrons. The van der Waals surface area contributed by atoms with Crippen LogP contribution in [0.1, 0.15) is 86.0 Å². The van der Waals surface area contributed by atoms with Gasteiger partial charge in [0.15, 0.2) is 0 Å². The Morgan fingerprint density at radius 3 is 1.29 bits per heavy atom. The van der Waals surface area contributed by atoms with Crippen LogP contribution in [0.3, 0.4) is 0 Å². The molecule has 24 heavy (non-hydrogen) atoms. The fourth-order valence-electron chi connectivity index (χ4n) is 2.43. The van der Waals surface area contributed by atoms with Gasteiger partial charge in [0.05, 0.1) is 0 Å². The lowest BCUT2D eigenvalue weighted by atomic mass is 10.0. The molecule has 0 aliphatic rings. The highest BCUT2D eigenvalue weighted by Crippen LogP contribution is 2.13. The lowest BCUT2D eigenvalue weighted by molar-refractivity contribution is -0.136. The number of carbonyl (C=O) groups is 1. The minimum Gasteiger partial charge on any atom is -0.481 e. The van der Waals surface area contributed by atoms with Gasteiger partial charge in [-0.3, -0.25) is 4.79 Å². The third-order valence-corrected chi connectivity index (χ3v) is 4.01. The van der Waals surface area contributed by atoms with Crippen LogP contribution in [0.5, 0.6) is 0 Å². The predicted molar refractivity (Wildman–Crippen MR) is 105 cm³/mol. The zero-order chi connectivity index (χ0) is 18.4. The van der Waals surface area contributed by atoms with Crippen LogP contribution in [0.15, 0.2) is 46.6 Å². The lowest BCUT2D eigenvalue weighted by Gasteiger charge is -2.02. The van der Waals surface area contributed by atoms with Gasteiger partial charge in [-0.1, -0.05) is 46.6 Å². The van der Waals surface area contributed by atoms with Crippen molar-refractivity contribution in [2.24, 2.45) is 0 Å². The molecule has 0 saturated heterocycles. The van der Waals surface area contributed by atoms with E-state index < -0.39 is 5.97 Å². The number of hydrogen-bond acceptors (Lipinski definition) is 1. The first-order chi connectivity index (χ1) is 11.3. The quantitative estimate of drug-likeness (QED) is 0.391. The summed E-state index contributed by atoms with van der Waals surface area (Å²) in [6, 6.07) is 0. The largest absolute Gasteiger partial charge is 0.481 e. The van der Waals surface area contributed by atoms with Gasteiger partial charge >= 0.3 is 5.97 Å². The van der Waals surface area contributed by atoms with E-state index in [-0.39, 0.29) is 6.42 Å². The summed E-state index contributed by atoms with van der Waals surface area (Å²) in [6.45, 7) is 10.8. The predicted octanol–water partition coefficient (Wildman–Crippen LogP) is 7.00. The maximum atomic E-state index is 10.5. The molecule has 2 heteroatoms. The van der Waals surface area contributed by atoms with Crippen LogP contribution < -0.4 is 0 Å². The van der Waals surface area contributed by atoms with Crippen LogP contribution in [0, 0.1) is 0 Å². The number of hydrogen-bond donors (Lipinski definition) is 1. The standard InChI is InChI=1S/C22H36O2/c1-18(2)10-6-11-19(3)12-7-13-20(4)14-8-15-21(5)16-9-17-22(23)24/h10,12,14,16H,6-9,11,13,15,17H2,1-5H3,(H,23,24)/b19-12+,20-14+,21-16+. The Hall–Kier alpha value is -1.57. The molecule has 0 atom stereocenters. The molecule has 0 aromatic heterocycles. The summed E-state index contributed by atoms with van der Waals surface area (Å²) in [4.78, 5) is 10.5. The summed E-state index contributed by atoms with van der Waals surface area (Å²) >= 11 is 0. The molecular weight excluding hydrogens is 296 g/mol. The van der Waals surface area contributed by atoms with E-state index in [0.29, 0.717) is 6.42 Å². The SMILES string of the molecule is CC(C)=CCC/C(C)=C/CC/C(C)=C/CC/C(C)=C/CCC(=O)O. The second-order valence-electron chi connectivity index (χ2n) is 6.98. The molecule has 0 unspecified atom stereocenters. The molecule has 0 rings (SSSR count). The van der Waals surface area contributed by atoms with E-state index in [4.69, 9.17) is 5.11 Å². The van der Waals surface area contributed by atoms with Gasteiger partial charge in [0, 0.05) is 6.42 Å². The fourth-order valence-corrected chi connectivity index (χ4v) is 2.43. The molecule has 2 nitrogen and oxygen atoms in total. The van der Waals surface area contributed by atoms with Crippen molar-refractivity contribution in [1.29, 1.82) is 0 Å². The van der Waals surface area contributed by atoms with Gasteiger partial charge in [0.2, 0.25) is 0 Å². The van der Waals surface area contributed by atoms with Crippen molar-refractivity contribution in [3.8, 4) is 0 Å². The van der Waals surface area contributed by atoms with Gasteiger partial charge in [0.1, 0.15) is 0 Å². The van der Waals surface area contributed by atoms with Crippen LogP contribution in [-0.2, 0) is 4.79 Å². The summed E-state index contributed by atoms with van der Waals surface area (Å²) < 4.78 is 0. The highest BCUT2D eigenvalue weighted by atomic mass is 16.4. The first-order valence-corrected chi connectivity index (χ1v) is 9.13. The third-order valence-electron chi connectivity index (χ3n) is 4.01. The average molecular weight is 333 g/mol. The second-order valence-corrected chi connectivity index (χ2v) is 6.98. The first-order valence-electron chi connectivity index (χ1n) is 9.13. The van der Waals surface area contributed by atoms with E-state index in [1.165, 1.54) is 22.3 Å². The van der Waals surface area contributed by atoms with Crippen LogP contribution in [0.25, 0.3) is 0 Å². The van der Waals surface area contributed by atoms with Gasteiger partial charge in [0.25, 0.3) is 0 Å². The smallest absolute Gasteiger partial charge is 0.303 e. The summed E-state index contributed by atoms with van der Waals surface area (Å²) in [5.41, 5.74) is 5.61. The summed E-state index contributed by atoms with van der Waals surface area (Å²) in [5.74, 6) is -0.723. The minimum absolute atomic E-state index is 0.228. The number of carboxylic acid groups (broad SMARTS) is 1. The highest BCUT2D eigenvalue weighted by molar-refractivity contribution is 5.66. The van der Waals surface area contributed by atoms with Gasteiger partial charge < -0.3 is 5.11 Å². The van der Waals surface area contributed by atoms with Crippen LogP contribution >= 0.6 is 0 Å². The maximum Gasteiger partial charge on any atom is 0.303 e. The molecule has 0 heterocycles. The van der Waals surface area contributed by atoms with Crippen molar-refractivity contribution < 1.29 is 9.90 Å². The van der Waals surface area contributed by atoms with Crippen molar-refractivity contribution in [2.45, 2.75) is 86.0 Å². The van der Waals surface area contributed by atoms with Crippen molar-refractivity contribution in [1.82, 2.24) is 0 Å². The van der Waals surface area contributed by atoms with Crippen molar-refractivity contribution >= 4 is 5.97 Å². The van der Waals surface area contributed by atoms with Gasteiger partial charge in [-0.2, -0.15) is 0 Å². The maximum absolute atomic E-state index is 10.5. The van der Waals surface area contributed by atoms with Crippen molar-refractivity contribution in [2.75, 3.05) is 0 Å². The molecule has 0 saturated carbocycles. The molecule has 0 aliphatic carbocycles. The Balaban J connectivity index is 3.98. The average Bonchev–Trinajstić information content (AvgIpc) is 2.46. The molecule has 1 N–H and O–H groups in total. The zero-order valence-electron chi connectivity index (χ0n) is 16.3. The molecule has 0 fully saturated rings. The molecule has 0 aliphatic heterocycles. The summed E-state index contributed by atoms with van der Waals surface area (Å²) in [6.07, 6.45) is 16.5. The third kappa shape index (κ3) is 15.3. The van der Waals surface area contributed by atoms with E-state index in [1.807, 2.05) is 0 Å². The van der Waals surface area contributed by atoms with E-state index in [2.05, 4.69) is 58.9 Å². The first kappa shape index (κ1) is 22.4.